The Labute approximate surface area is 70.6 Å². The zero-order valence-corrected chi connectivity index (χ0v) is 6.79. The van der Waals surface area contributed by atoms with Gasteiger partial charge in [0.2, 0.25) is 0 Å². The molecule has 2 rings (SSSR count). The minimum atomic E-state index is 0. The topological polar surface area (TPSA) is 55.6 Å². The molecule has 1 fully saturated rings. The van der Waals surface area contributed by atoms with Crippen molar-refractivity contribution in [3.05, 3.63) is 6.33 Å². The molecule has 62 valence electrons. The summed E-state index contributed by atoms with van der Waals surface area (Å²) in [4.78, 5) is 1.67. The molecule has 1 atom stereocenters. The molecule has 0 aliphatic carbocycles. The monoisotopic (exact) mass is 175 g/mol. The highest BCUT2D eigenvalue weighted by atomic mass is 35.5. The Kier molecular flexibility index (Phi) is 2.78. The molecular formula is C5H10ClN5. The van der Waals surface area contributed by atoms with Crippen molar-refractivity contribution < 1.29 is 0 Å². The van der Waals surface area contributed by atoms with Crippen LogP contribution in [0.25, 0.3) is 0 Å². The van der Waals surface area contributed by atoms with Crippen molar-refractivity contribution in [2.45, 2.75) is 12.5 Å². The normalized spacial score (nSPS) is 23.1. The zero-order valence-electron chi connectivity index (χ0n) is 5.97. The third-order valence-electron chi connectivity index (χ3n) is 1.73. The maximum Gasteiger partial charge on any atom is 0.162 e. The van der Waals surface area contributed by atoms with Gasteiger partial charge in [-0.05, 0) is 18.2 Å². The van der Waals surface area contributed by atoms with E-state index in [1.165, 1.54) is 6.33 Å². The first-order valence-corrected chi connectivity index (χ1v) is 3.40. The summed E-state index contributed by atoms with van der Waals surface area (Å²) in [6.07, 6.45) is 2.58. The number of tetrazole rings is 1. The Morgan fingerprint density at radius 3 is 3.00 bits per heavy atom. The first kappa shape index (κ1) is 8.42. The lowest BCUT2D eigenvalue weighted by atomic mass is 10.3. The van der Waals surface area contributed by atoms with E-state index in [0.29, 0.717) is 6.04 Å². The van der Waals surface area contributed by atoms with Gasteiger partial charge in [-0.3, -0.25) is 0 Å². The molecule has 0 amide bonds. The average Bonchev–Trinajstić information content (AvgIpc) is 2.59. The lowest BCUT2D eigenvalue weighted by Gasteiger charge is -2.03. The van der Waals surface area contributed by atoms with E-state index in [1.807, 2.05) is 0 Å². The van der Waals surface area contributed by atoms with Crippen LogP contribution in [0.2, 0.25) is 0 Å². The van der Waals surface area contributed by atoms with Crippen LogP contribution in [0.4, 0.5) is 0 Å². The lowest BCUT2D eigenvalue weighted by molar-refractivity contribution is 0.423. The second-order valence-electron chi connectivity index (χ2n) is 2.40. The van der Waals surface area contributed by atoms with Gasteiger partial charge < -0.3 is 5.32 Å². The number of nitrogens with zero attached hydrogens (tertiary/aromatic N) is 4. The van der Waals surface area contributed by atoms with Gasteiger partial charge in [-0.1, -0.05) is 0 Å². The molecule has 1 aliphatic heterocycles. The molecule has 1 unspecified atom stereocenters. The fourth-order valence-corrected chi connectivity index (χ4v) is 1.18. The van der Waals surface area contributed by atoms with Gasteiger partial charge in [-0.2, -0.15) is 4.80 Å². The molecule has 5 nitrogen and oxygen atoms in total. The minimum Gasteiger partial charge on any atom is -0.314 e. The van der Waals surface area contributed by atoms with Crippen molar-refractivity contribution >= 4 is 12.4 Å². The van der Waals surface area contributed by atoms with Crippen molar-refractivity contribution in [2.75, 3.05) is 13.1 Å². The van der Waals surface area contributed by atoms with Gasteiger partial charge in [0, 0.05) is 6.54 Å². The molecule has 0 spiro atoms. The molecule has 1 aromatic rings. The van der Waals surface area contributed by atoms with Crippen LogP contribution < -0.4 is 5.32 Å². The van der Waals surface area contributed by atoms with Crippen LogP contribution in [0.5, 0.6) is 0 Å². The van der Waals surface area contributed by atoms with Gasteiger partial charge in [-0.25, -0.2) is 0 Å². The highest BCUT2D eigenvalue weighted by Crippen LogP contribution is 2.09. The Balaban J connectivity index is 0.000000605. The predicted molar refractivity (Wildman–Crippen MR) is 41.6 cm³/mol. The highest BCUT2D eigenvalue weighted by Gasteiger charge is 2.17. The quantitative estimate of drug-likeness (QED) is 0.633. The molecule has 0 aromatic carbocycles. The number of rotatable bonds is 1. The molecule has 11 heavy (non-hydrogen) atoms. The van der Waals surface area contributed by atoms with Gasteiger partial charge in [0.15, 0.2) is 6.33 Å². The largest absolute Gasteiger partial charge is 0.314 e. The Hall–Kier alpha value is -0.680. The highest BCUT2D eigenvalue weighted by molar-refractivity contribution is 5.85. The summed E-state index contributed by atoms with van der Waals surface area (Å²) < 4.78 is 0. The van der Waals surface area contributed by atoms with Crippen LogP contribution in [0.3, 0.4) is 0 Å². The summed E-state index contributed by atoms with van der Waals surface area (Å²) in [6.45, 7) is 2.03. The van der Waals surface area contributed by atoms with E-state index in [4.69, 9.17) is 0 Å². The molecule has 1 saturated heterocycles. The number of hydrogen-bond acceptors (Lipinski definition) is 4. The van der Waals surface area contributed by atoms with E-state index >= 15 is 0 Å². The maximum atomic E-state index is 3.95. The van der Waals surface area contributed by atoms with Crippen LogP contribution in [0.15, 0.2) is 6.33 Å². The molecule has 1 N–H and O–H groups in total. The fourth-order valence-electron chi connectivity index (χ4n) is 1.18. The summed E-state index contributed by atoms with van der Waals surface area (Å²) in [5.74, 6) is 0. The van der Waals surface area contributed by atoms with Crippen LogP contribution in [-0.2, 0) is 0 Å². The Bertz CT molecular complexity index is 193. The maximum absolute atomic E-state index is 3.95. The SMILES string of the molecule is Cl.c1nnn(C2CCNC2)n1. The molecule has 0 radical (unpaired) electrons. The first-order chi connectivity index (χ1) is 4.97. The summed E-state index contributed by atoms with van der Waals surface area (Å²) in [6, 6.07) is 0.419. The van der Waals surface area contributed by atoms with E-state index in [0.717, 1.165) is 19.5 Å². The van der Waals surface area contributed by atoms with Crippen LogP contribution in [0.1, 0.15) is 12.5 Å². The van der Waals surface area contributed by atoms with Gasteiger partial charge >= 0.3 is 0 Å². The first-order valence-electron chi connectivity index (χ1n) is 3.40. The molecule has 6 heteroatoms. The van der Waals surface area contributed by atoms with Crippen molar-refractivity contribution in [3.63, 3.8) is 0 Å². The van der Waals surface area contributed by atoms with Crippen molar-refractivity contribution in [3.8, 4) is 0 Å². The second kappa shape index (κ2) is 3.64. The van der Waals surface area contributed by atoms with E-state index in [9.17, 15) is 0 Å². The molecular weight excluding hydrogens is 166 g/mol. The predicted octanol–water partition coefficient (Wildman–Crippen LogP) is -0.371. The number of hydrogen-bond donors (Lipinski definition) is 1. The van der Waals surface area contributed by atoms with Gasteiger partial charge in [0.25, 0.3) is 0 Å². The lowest BCUT2D eigenvalue weighted by Crippen LogP contribution is -2.15. The average molecular weight is 176 g/mol. The van der Waals surface area contributed by atoms with Crippen LogP contribution in [0, 0.1) is 0 Å². The Morgan fingerprint density at radius 1 is 1.55 bits per heavy atom. The minimum absolute atomic E-state index is 0. The second-order valence-corrected chi connectivity index (χ2v) is 2.40. The van der Waals surface area contributed by atoms with Crippen molar-refractivity contribution in [1.82, 2.24) is 25.5 Å². The van der Waals surface area contributed by atoms with Crippen LogP contribution >= 0.6 is 12.4 Å². The number of nitrogens with one attached hydrogen (secondary N) is 1. The third-order valence-corrected chi connectivity index (χ3v) is 1.73. The molecule has 0 bridgehead atoms. The standard InChI is InChI=1S/C5H9N5.ClH/c1-2-6-3-5(1)10-8-4-7-9-10;/h4-6H,1-3H2;1H. The number of aromatic nitrogens is 4. The fraction of sp³-hybridized carbons (Fsp3) is 0.800. The summed E-state index contributed by atoms with van der Waals surface area (Å²) in [5.41, 5.74) is 0. The molecule has 1 aliphatic rings. The molecule has 1 aromatic heterocycles. The summed E-state index contributed by atoms with van der Waals surface area (Å²) in [7, 11) is 0. The number of halogens is 1. The summed E-state index contributed by atoms with van der Waals surface area (Å²) >= 11 is 0. The van der Waals surface area contributed by atoms with Crippen molar-refractivity contribution in [1.29, 1.82) is 0 Å². The Morgan fingerprint density at radius 2 is 2.45 bits per heavy atom. The zero-order chi connectivity index (χ0) is 6.81. The van der Waals surface area contributed by atoms with E-state index in [2.05, 4.69) is 20.7 Å². The van der Waals surface area contributed by atoms with Crippen molar-refractivity contribution in [2.24, 2.45) is 0 Å². The van der Waals surface area contributed by atoms with E-state index in [1.54, 1.807) is 4.80 Å². The van der Waals surface area contributed by atoms with E-state index in [-0.39, 0.29) is 12.4 Å². The molecule has 0 saturated carbocycles. The van der Waals surface area contributed by atoms with E-state index < -0.39 is 0 Å². The van der Waals surface area contributed by atoms with Gasteiger partial charge in [0.1, 0.15) is 0 Å². The smallest absolute Gasteiger partial charge is 0.162 e. The van der Waals surface area contributed by atoms with Gasteiger partial charge in [0.05, 0.1) is 6.04 Å². The molecule has 2 heterocycles. The third kappa shape index (κ3) is 1.66. The summed E-state index contributed by atoms with van der Waals surface area (Å²) in [5, 5.41) is 14.6. The van der Waals surface area contributed by atoms with Crippen LogP contribution in [-0.4, -0.2) is 33.3 Å². The van der Waals surface area contributed by atoms with Gasteiger partial charge in [-0.15, -0.1) is 22.6 Å².